The van der Waals surface area contributed by atoms with Crippen LogP contribution in [0.3, 0.4) is 0 Å². The molecule has 0 aliphatic heterocycles. The molecule has 1 heterocycles. The molecule has 3 heteroatoms. The van der Waals surface area contributed by atoms with E-state index >= 15 is 0 Å². The second-order valence-corrected chi connectivity index (χ2v) is 4.04. The summed E-state index contributed by atoms with van der Waals surface area (Å²) in [5.41, 5.74) is 1.26. The summed E-state index contributed by atoms with van der Waals surface area (Å²) in [6, 6.07) is 0.731. The maximum absolute atomic E-state index is 4.09. The summed E-state index contributed by atoms with van der Waals surface area (Å²) in [6.45, 7) is 3.26. The van der Waals surface area contributed by atoms with Crippen LogP contribution in [-0.2, 0) is 13.6 Å². The second kappa shape index (κ2) is 3.50. The zero-order chi connectivity index (χ0) is 9.26. The number of aryl methyl sites for hydroxylation is 1. The Bertz CT molecular complexity index is 279. The van der Waals surface area contributed by atoms with Crippen LogP contribution < -0.4 is 5.32 Å². The molecule has 1 aliphatic carbocycles. The highest BCUT2D eigenvalue weighted by atomic mass is 15.1. The molecule has 1 N–H and O–H groups in total. The highest BCUT2D eigenvalue weighted by Gasteiger charge is 2.25. The molecule has 1 saturated carbocycles. The topological polar surface area (TPSA) is 29.9 Å². The molecule has 0 bridgehead atoms. The van der Waals surface area contributed by atoms with Crippen molar-refractivity contribution in [3.63, 3.8) is 0 Å². The first kappa shape index (κ1) is 8.75. The van der Waals surface area contributed by atoms with E-state index in [4.69, 9.17) is 0 Å². The molecule has 0 aromatic carbocycles. The second-order valence-electron chi connectivity index (χ2n) is 4.04. The monoisotopic (exact) mass is 179 g/mol. The Kier molecular flexibility index (Phi) is 2.36. The van der Waals surface area contributed by atoms with Crippen molar-refractivity contribution in [3.8, 4) is 0 Å². The van der Waals surface area contributed by atoms with Gasteiger partial charge in [0.05, 0.1) is 12.0 Å². The summed E-state index contributed by atoms with van der Waals surface area (Å²) >= 11 is 0. The average Bonchev–Trinajstić information content (AvgIpc) is 2.50. The first-order chi connectivity index (χ1) is 6.27. The van der Waals surface area contributed by atoms with Crippen molar-refractivity contribution in [2.75, 3.05) is 0 Å². The third kappa shape index (κ3) is 1.75. The Labute approximate surface area is 79.2 Å². The number of nitrogens with zero attached hydrogens (tertiary/aromatic N) is 2. The maximum Gasteiger partial charge on any atom is 0.0945 e. The van der Waals surface area contributed by atoms with E-state index in [0.29, 0.717) is 0 Å². The van der Waals surface area contributed by atoms with E-state index in [0.717, 1.165) is 18.5 Å². The molecule has 13 heavy (non-hydrogen) atoms. The quantitative estimate of drug-likeness (QED) is 0.758. The van der Waals surface area contributed by atoms with E-state index in [1.54, 1.807) is 0 Å². The van der Waals surface area contributed by atoms with Crippen molar-refractivity contribution >= 4 is 0 Å². The van der Waals surface area contributed by atoms with Crippen LogP contribution >= 0.6 is 0 Å². The Hall–Kier alpha value is -0.830. The Balaban J connectivity index is 1.83. The predicted molar refractivity (Wildman–Crippen MR) is 52.2 cm³/mol. The van der Waals surface area contributed by atoms with E-state index in [1.807, 2.05) is 19.6 Å². The summed E-state index contributed by atoms with van der Waals surface area (Å²) in [4.78, 5) is 4.09. The van der Waals surface area contributed by atoms with Crippen molar-refractivity contribution in [2.24, 2.45) is 13.0 Å². The van der Waals surface area contributed by atoms with Crippen LogP contribution in [0, 0.1) is 5.92 Å². The van der Waals surface area contributed by atoms with Crippen LogP contribution in [0.5, 0.6) is 0 Å². The zero-order valence-electron chi connectivity index (χ0n) is 8.33. The van der Waals surface area contributed by atoms with Crippen molar-refractivity contribution in [1.29, 1.82) is 0 Å². The minimum atomic E-state index is 0.731. The van der Waals surface area contributed by atoms with Gasteiger partial charge in [0.25, 0.3) is 0 Å². The summed E-state index contributed by atoms with van der Waals surface area (Å²) in [7, 11) is 2.04. The van der Waals surface area contributed by atoms with Crippen LogP contribution in [0.25, 0.3) is 0 Å². The van der Waals surface area contributed by atoms with Crippen molar-refractivity contribution < 1.29 is 0 Å². The number of hydrogen-bond donors (Lipinski definition) is 1. The normalized spacial score (nSPS) is 27.2. The Morgan fingerprint density at radius 3 is 2.92 bits per heavy atom. The molecule has 1 fully saturated rings. The fraction of sp³-hybridized carbons (Fsp3) is 0.700. The predicted octanol–water partition coefficient (Wildman–Crippen LogP) is 1.31. The van der Waals surface area contributed by atoms with Gasteiger partial charge >= 0.3 is 0 Å². The average molecular weight is 179 g/mol. The SMILES string of the molecule is CC1CCC1NCc1cncn1C. The van der Waals surface area contributed by atoms with Gasteiger partial charge in [-0.2, -0.15) is 0 Å². The third-order valence-electron chi connectivity index (χ3n) is 3.08. The van der Waals surface area contributed by atoms with Crippen LogP contribution in [0.1, 0.15) is 25.5 Å². The molecule has 2 unspecified atom stereocenters. The first-order valence-corrected chi connectivity index (χ1v) is 4.96. The van der Waals surface area contributed by atoms with Gasteiger partial charge in [-0.05, 0) is 18.8 Å². The summed E-state index contributed by atoms with van der Waals surface area (Å²) in [6.07, 6.45) is 6.49. The Morgan fingerprint density at radius 2 is 2.46 bits per heavy atom. The lowest BCUT2D eigenvalue weighted by atomic mass is 9.81. The van der Waals surface area contributed by atoms with Crippen molar-refractivity contribution in [2.45, 2.75) is 32.4 Å². The first-order valence-electron chi connectivity index (χ1n) is 4.96. The lowest BCUT2D eigenvalue weighted by Gasteiger charge is -2.34. The lowest BCUT2D eigenvalue weighted by Crippen LogP contribution is -2.42. The molecule has 2 rings (SSSR count). The molecule has 1 aliphatic rings. The fourth-order valence-corrected chi connectivity index (χ4v) is 1.76. The smallest absolute Gasteiger partial charge is 0.0945 e. The van der Waals surface area contributed by atoms with Gasteiger partial charge in [-0.3, -0.25) is 0 Å². The van der Waals surface area contributed by atoms with Gasteiger partial charge in [-0.1, -0.05) is 6.92 Å². The molecule has 1 aromatic rings. The number of imidazole rings is 1. The van der Waals surface area contributed by atoms with Crippen LogP contribution in [0.2, 0.25) is 0 Å². The molecule has 2 atom stereocenters. The molecule has 0 radical (unpaired) electrons. The van der Waals surface area contributed by atoms with Gasteiger partial charge in [-0.25, -0.2) is 4.98 Å². The van der Waals surface area contributed by atoms with Crippen LogP contribution in [-0.4, -0.2) is 15.6 Å². The number of aromatic nitrogens is 2. The lowest BCUT2D eigenvalue weighted by molar-refractivity contribution is 0.227. The summed E-state index contributed by atoms with van der Waals surface area (Å²) in [5.74, 6) is 0.855. The number of hydrogen-bond acceptors (Lipinski definition) is 2. The van der Waals surface area contributed by atoms with Gasteiger partial charge in [0.2, 0.25) is 0 Å². The van der Waals surface area contributed by atoms with Crippen molar-refractivity contribution in [1.82, 2.24) is 14.9 Å². The minimum Gasteiger partial charge on any atom is -0.337 e. The van der Waals surface area contributed by atoms with E-state index in [2.05, 4.69) is 21.8 Å². The van der Waals surface area contributed by atoms with Gasteiger partial charge in [0, 0.05) is 25.8 Å². The minimum absolute atomic E-state index is 0.731. The molecule has 0 saturated heterocycles. The molecule has 72 valence electrons. The molecule has 0 amide bonds. The van der Waals surface area contributed by atoms with Crippen LogP contribution in [0.15, 0.2) is 12.5 Å². The van der Waals surface area contributed by atoms with Crippen molar-refractivity contribution in [3.05, 3.63) is 18.2 Å². The molecular weight excluding hydrogens is 162 g/mol. The summed E-state index contributed by atoms with van der Waals surface area (Å²) < 4.78 is 2.07. The Morgan fingerprint density at radius 1 is 1.62 bits per heavy atom. The zero-order valence-corrected chi connectivity index (χ0v) is 8.33. The molecule has 1 aromatic heterocycles. The van der Waals surface area contributed by atoms with Gasteiger partial charge in [0.1, 0.15) is 0 Å². The van der Waals surface area contributed by atoms with Crippen LogP contribution in [0.4, 0.5) is 0 Å². The molecule has 0 spiro atoms. The van der Waals surface area contributed by atoms with Gasteiger partial charge in [0.15, 0.2) is 0 Å². The van der Waals surface area contributed by atoms with Gasteiger partial charge in [-0.15, -0.1) is 0 Å². The number of rotatable bonds is 3. The standard InChI is InChI=1S/C10H17N3/c1-8-3-4-10(8)12-6-9-5-11-7-13(9)2/h5,7-8,10,12H,3-4,6H2,1-2H3. The molecular formula is C10H17N3. The maximum atomic E-state index is 4.09. The van der Waals surface area contributed by atoms with E-state index in [-0.39, 0.29) is 0 Å². The van der Waals surface area contributed by atoms with Gasteiger partial charge < -0.3 is 9.88 Å². The third-order valence-corrected chi connectivity index (χ3v) is 3.08. The fourth-order valence-electron chi connectivity index (χ4n) is 1.76. The highest BCUT2D eigenvalue weighted by molar-refractivity contribution is 4.98. The highest BCUT2D eigenvalue weighted by Crippen LogP contribution is 2.26. The van der Waals surface area contributed by atoms with E-state index < -0.39 is 0 Å². The summed E-state index contributed by atoms with van der Waals surface area (Å²) in [5, 5.41) is 3.55. The number of nitrogens with one attached hydrogen (secondary N) is 1. The largest absolute Gasteiger partial charge is 0.337 e. The van der Waals surface area contributed by atoms with E-state index in [1.165, 1.54) is 18.5 Å². The molecule has 3 nitrogen and oxygen atoms in total. The van der Waals surface area contributed by atoms with E-state index in [9.17, 15) is 0 Å².